The van der Waals surface area contributed by atoms with Crippen molar-refractivity contribution in [3.8, 4) is 5.75 Å². The number of pyridine rings is 1. The first-order valence-corrected chi connectivity index (χ1v) is 6.87. The third-order valence-corrected chi connectivity index (χ3v) is 3.71. The van der Waals surface area contributed by atoms with E-state index in [0.29, 0.717) is 12.0 Å². The molecule has 1 aromatic carbocycles. The molecule has 2 aromatic rings. The highest BCUT2D eigenvalue weighted by Crippen LogP contribution is 2.30. The second kappa shape index (κ2) is 5.89. The molecule has 2 rings (SSSR count). The lowest BCUT2D eigenvalue weighted by Gasteiger charge is -2.24. The molecule has 1 heterocycles. The van der Waals surface area contributed by atoms with E-state index in [1.54, 1.807) is 14.0 Å². The summed E-state index contributed by atoms with van der Waals surface area (Å²) in [5.74, 6) is 0.263. The normalized spacial score (nSPS) is 13.8. The highest BCUT2D eigenvalue weighted by Gasteiger charge is 2.24. The lowest BCUT2D eigenvalue weighted by Crippen LogP contribution is -2.24. The van der Waals surface area contributed by atoms with Crippen LogP contribution in [0.4, 0.5) is 4.39 Å². The van der Waals surface area contributed by atoms with Gasteiger partial charge in [0.15, 0.2) is 0 Å². The maximum Gasteiger partial charge on any atom is 0.141 e. The second-order valence-electron chi connectivity index (χ2n) is 4.81. The Kier molecular flexibility index (Phi) is 4.40. The molecule has 0 amide bonds. The summed E-state index contributed by atoms with van der Waals surface area (Å²) in [6, 6.07) is 6.86. The van der Waals surface area contributed by atoms with Gasteiger partial charge >= 0.3 is 0 Å². The third-order valence-electron chi connectivity index (χ3n) is 3.09. The van der Waals surface area contributed by atoms with Crippen molar-refractivity contribution in [2.45, 2.75) is 18.9 Å². The number of nitrogens with zero attached hydrogens (tertiary/aromatic N) is 1. The number of rotatable bonds is 4. The van der Waals surface area contributed by atoms with Gasteiger partial charge in [0, 0.05) is 18.2 Å². The molecule has 0 radical (unpaired) electrons. The van der Waals surface area contributed by atoms with Crippen LogP contribution in [-0.4, -0.2) is 17.2 Å². The Labute approximate surface area is 125 Å². The molecule has 1 atom stereocenters. The minimum Gasteiger partial charge on any atom is -0.496 e. The van der Waals surface area contributed by atoms with E-state index in [1.807, 2.05) is 18.2 Å². The zero-order valence-corrected chi connectivity index (χ0v) is 12.8. The number of aromatic nitrogens is 1. The van der Waals surface area contributed by atoms with Crippen LogP contribution in [-0.2, 0) is 12.0 Å². The van der Waals surface area contributed by atoms with E-state index in [1.165, 1.54) is 12.3 Å². The standard InChI is InChI=1S/C15H15BrFNO2/c1-15(19,11-6-12(17)9-18-8-11)7-10-3-4-14(20-2)13(16)5-10/h3-6,8-9,19H,7H2,1-2H3. The van der Waals surface area contributed by atoms with Crippen LogP contribution < -0.4 is 4.74 Å². The molecule has 0 spiro atoms. The Hall–Kier alpha value is -1.46. The zero-order valence-electron chi connectivity index (χ0n) is 11.2. The van der Waals surface area contributed by atoms with Gasteiger partial charge in [-0.1, -0.05) is 6.07 Å². The number of halogens is 2. The summed E-state index contributed by atoms with van der Waals surface area (Å²) in [6.07, 6.45) is 2.94. The molecule has 0 aliphatic rings. The molecule has 3 nitrogen and oxygen atoms in total. The molecule has 106 valence electrons. The van der Waals surface area contributed by atoms with Gasteiger partial charge in [-0.15, -0.1) is 0 Å². The van der Waals surface area contributed by atoms with Crippen LogP contribution >= 0.6 is 15.9 Å². The molecule has 0 fully saturated rings. The number of benzene rings is 1. The van der Waals surface area contributed by atoms with E-state index >= 15 is 0 Å². The SMILES string of the molecule is COc1ccc(CC(C)(O)c2cncc(F)c2)cc1Br. The summed E-state index contributed by atoms with van der Waals surface area (Å²) in [5.41, 5.74) is 0.166. The molecule has 5 heteroatoms. The number of hydrogen-bond acceptors (Lipinski definition) is 3. The number of aliphatic hydroxyl groups is 1. The smallest absolute Gasteiger partial charge is 0.141 e. The molecule has 20 heavy (non-hydrogen) atoms. The van der Waals surface area contributed by atoms with Crippen LogP contribution in [0.25, 0.3) is 0 Å². The Morgan fingerprint density at radius 2 is 2.10 bits per heavy atom. The highest BCUT2D eigenvalue weighted by molar-refractivity contribution is 9.10. The van der Waals surface area contributed by atoms with E-state index in [2.05, 4.69) is 20.9 Å². The number of methoxy groups -OCH3 is 1. The van der Waals surface area contributed by atoms with Crippen molar-refractivity contribution in [2.75, 3.05) is 7.11 Å². The van der Waals surface area contributed by atoms with Gasteiger partial charge in [-0.05, 0) is 46.6 Å². The van der Waals surface area contributed by atoms with Crippen molar-refractivity contribution in [1.82, 2.24) is 4.98 Å². The summed E-state index contributed by atoms with van der Waals surface area (Å²) in [4.78, 5) is 3.77. The van der Waals surface area contributed by atoms with E-state index in [4.69, 9.17) is 4.74 Å². The molecular weight excluding hydrogens is 325 g/mol. The largest absolute Gasteiger partial charge is 0.496 e. The molecule has 0 bridgehead atoms. The van der Waals surface area contributed by atoms with Gasteiger partial charge in [-0.25, -0.2) is 4.39 Å². The van der Waals surface area contributed by atoms with Crippen molar-refractivity contribution in [1.29, 1.82) is 0 Å². The Morgan fingerprint density at radius 1 is 1.35 bits per heavy atom. The Balaban J connectivity index is 2.26. The van der Waals surface area contributed by atoms with Crippen LogP contribution in [0.3, 0.4) is 0 Å². The summed E-state index contributed by atoms with van der Waals surface area (Å²) in [7, 11) is 1.59. The van der Waals surface area contributed by atoms with Crippen LogP contribution in [0, 0.1) is 5.82 Å². The van der Waals surface area contributed by atoms with Crippen molar-refractivity contribution < 1.29 is 14.2 Å². The molecular formula is C15H15BrFNO2. The summed E-state index contributed by atoms with van der Waals surface area (Å²) < 4.78 is 19.2. The van der Waals surface area contributed by atoms with E-state index in [9.17, 15) is 9.50 Å². The van der Waals surface area contributed by atoms with Gasteiger partial charge in [0.2, 0.25) is 0 Å². The third kappa shape index (κ3) is 3.35. The fourth-order valence-electron chi connectivity index (χ4n) is 2.03. The second-order valence-corrected chi connectivity index (χ2v) is 5.67. The first-order chi connectivity index (χ1) is 9.42. The molecule has 1 N–H and O–H groups in total. The molecule has 0 saturated heterocycles. The van der Waals surface area contributed by atoms with Crippen LogP contribution in [0.15, 0.2) is 41.1 Å². The van der Waals surface area contributed by atoms with Crippen molar-refractivity contribution >= 4 is 15.9 Å². The minimum absolute atomic E-state index is 0.348. The fraction of sp³-hybridized carbons (Fsp3) is 0.267. The minimum atomic E-state index is -1.19. The quantitative estimate of drug-likeness (QED) is 0.927. The lowest BCUT2D eigenvalue weighted by atomic mass is 9.90. The summed E-state index contributed by atoms with van der Waals surface area (Å²) in [6.45, 7) is 1.64. The predicted molar refractivity (Wildman–Crippen MR) is 78.2 cm³/mol. The van der Waals surface area contributed by atoms with Crippen molar-refractivity contribution in [2.24, 2.45) is 0 Å². The van der Waals surface area contributed by atoms with Gasteiger partial charge in [-0.3, -0.25) is 4.98 Å². The van der Waals surface area contributed by atoms with Crippen LogP contribution in [0.2, 0.25) is 0 Å². The number of ether oxygens (including phenoxy) is 1. The van der Waals surface area contributed by atoms with Gasteiger partial charge < -0.3 is 9.84 Å². The topological polar surface area (TPSA) is 42.4 Å². The maximum atomic E-state index is 13.2. The average molecular weight is 340 g/mol. The van der Waals surface area contributed by atoms with Gasteiger partial charge in [0.05, 0.1) is 23.4 Å². The van der Waals surface area contributed by atoms with E-state index < -0.39 is 11.4 Å². The van der Waals surface area contributed by atoms with Gasteiger partial charge in [-0.2, -0.15) is 0 Å². The maximum absolute atomic E-state index is 13.2. The van der Waals surface area contributed by atoms with Crippen LogP contribution in [0.5, 0.6) is 5.75 Å². The fourth-order valence-corrected chi connectivity index (χ4v) is 2.61. The Morgan fingerprint density at radius 3 is 2.70 bits per heavy atom. The molecule has 1 aromatic heterocycles. The molecule has 1 unspecified atom stereocenters. The zero-order chi connectivity index (χ0) is 14.8. The van der Waals surface area contributed by atoms with Crippen LogP contribution in [0.1, 0.15) is 18.1 Å². The van der Waals surface area contributed by atoms with Crippen molar-refractivity contribution in [3.63, 3.8) is 0 Å². The summed E-state index contributed by atoms with van der Waals surface area (Å²) in [5, 5.41) is 10.5. The first kappa shape index (κ1) is 14.9. The number of hydrogen-bond donors (Lipinski definition) is 1. The summed E-state index contributed by atoms with van der Waals surface area (Å²) >= 11 is 3.40. The molecule has 0 aliphatic heterocycles. The van der Waals surface area contributed by atoms with E-state index in [-0.39, 0.29) is 0 Å². The predicted octanol–water partition coefficient (Wildman–Crippen LogP) is 3.44. The molecule has 0 saturated carbocycles. The first-order valence-electron chi connectivity index (χ1n) is 6.08. The highest BCUT2D eigenvalue weighted by atomic mass is 79.9. The van der Waals surface area contributed by atoms with Gasteiger partial charge in [0.25, 0.3) is 0 Å². The average Bonchev–Trinajstić information content (AvgIpc) is 2.38. The lowest BCUT2D eigenvalue weighted by molar-refractivity contribution is 0.0569. The van der Waals surface area contributed by atoms with Gasteiger partial charge in [0.1, 0.15) is 11.6 Å². The van der Waals surface area contributed by atoms with Crippen molar-refractivity contribution in [3.05, 3.63) is 58.1 Å². The molecule has 0 aliphatic carbocycles. The van der Waals surface area contributed by atoms with E-state index in [0.717, 1.165) is 22.0 Å². The Bertz CT molecular complexity index is 617. The monoisotopic (exact) mass is 339 g/mol.